The molecule has 0 aliphatic carbocycles. The Labute approximate surface area is 168 Å². The lowest BCUT2D eigenvalue weighted by Gasteiger charge is -2.36. The Bertz CT molecular complexity index is 993. The third-order valence-corrected chi connectivity index (χ3v) is 6.03. The molecule has 7 nitrogen and oxygen atoms in total. The number of aryl methyl sites for hydroxylation is 1. The molecule has 28 heavy (non-hydrogen) atoms. The van der Waals surface area contributed by atoms with Gasteiger partial charge in [0.1, 0.15) is 10.0 Å². The molecule has 0 radical (unpaired) electrons. The molecule has 0 atom stereocenters. The van der Waals surface area contributed by atoms with E-state index in [0.717, 1.165) is 52.7 Å². The van der Waals surface area contributed by atoms with Gasteiger partial charge >= 0.3 is 0 Å². The number of benzene rings is 1. The van der Waals surface area contributed by atoms with Crippen LogP contribution in [0.4, 0.5) is 0 Å². The SMILES string of the molecule is Cc1nnc(-c2ccc3nnc(CC(=O)N4CCN(C(C)C)CC4)cc3c2)s1. The molecule has 3 heterocycles. The van der Waals surface area contributed by atoms with E-state index in [-0.39, 0.29) is 12.3 Å². The second kappa shape index (κ2) is 7.89. The Hall–Kier alpha value is -2.45. The third-order valence-electron chi connectivity index (χ3n) is 5.14. The summed E-state index contributed by atoms with van der Waals surface area (Å²) in [6.07, 6.45) is 0.284. The summed E-state index contributed by atoms with van der Waals surface area (Å²) < 4.78 is 0. The number of nitrogens with zero attached hydrogens (tertiary/aromatic N) is 6. The van der Waals surface area contributed by atoms with Gasteiger partial charge in [-0.2, -0.15) is 10.2 Å². The predicted molar refractivity (Wildman–Crippen MR) is 110 cm³/mol. The van der Waals surface area contributed by atoms with E-state index in [1.165, 1.54) is 0 Å². The van der Waals surface area contributed by atoms with Crippen molar-refractivity contribution in [1.29, 1.82) is 0 Å². The summed E-state index contributed by atoms with van der Waals surface area (Å²) in [6.45, 7) is 9.74. The van der Waals surface area contributed by atoms with E-state index < -0.39 is 0 Å². The summed E-state index contributed by atoms with van der Waals surface area (Å²) >= 11 is 1.56. The fourth-order valence-corrected chi connectivity index (χ4v) is 4.16. The minimum Gasteiger partial charge on any atom is -0.340 e. The van der Waals surface area contributed by atoms with Gasteiger partial charge in [-0.3, -0.25) is 9.69 Å². The summed E-state index contributed by atoms with van der Waals surface area (Å²) in [5.41, 5.74) is 2.52. The van der Waals surface area contributed by atoms with Crippen molar-refractivity contribution in [2.45, 2.75) is 33.2 Å². The molecule has 3 aromatic rings. The van der Waals surface area contributed by atoms with Gasteiger partial charge < -0.3 is 4.90 Å². The summed E-state index contributed by atoms with van der Waals surface area (Å²) in [7, 11) is 0. The van der Waals surface area contributed by atoms with Gasteiger partial charge in [0.2, 0.25) is 5.91 Å². The highest BCUT2D eigenvalue weighted by molar-refractivity contribution is 7.14. The molecule has 0 N–H and O–H groups in total. The molecule has 1 aliphatic rings. The van der Waals surface area contributed by atoms with Gasteiger partial charge in [0.15, 0.2) is 0 Å². The molecule has 0 saturated carbocycles. The van der Waals surface area contributed by atoms with Crippen LogP contribution in [0.15, 0.2) is 24.3 Å². The molecule has 1 amide bonds. The third kappa shape index (κ3) is 4.02. The molecule has 8 heteroatoms. The van der Waals surface area contributed by atoms with Crippen LogP contribution in [0.3, 0.4) is 0 Å². The number of carbonyl (C=O) groups excluding carboxylic acids is 1. The van der Waals surface area contributed by atoms with Gasteiger partial charge in [-0.1, -0.05) is 11.3 Å². The first-order valence-corrected chi connectivity index (χ1v) is 10.4. The largest absolute Gasteiger partial charge is 0.340 e. The van der Waals surface area contributed by atoms with E-state index in [2.05, 4.69) is 39.1 Å². The molecule has 2 aromatic heterocycles. The van der Waals surface area contributed by atoms with Crippen molar-refractivity contribution in [2.75, 3.05) is 26.2 Å². The number of amides is 1. The maximum Gasteiger partial charge on any atom is 0.228 e. The average Bonchev–Trinajstić information content (AvgIpc) is 3.14. The van der Waals surface area contributed by atoms with Gasteiger partial charge in [-0.05, 0) is 45.0 Å². The van der Waals surface area contributed by atoms with Crippen LogP contribution in [-0.4, -0.2) is 68.3 Å². The Morgan fingerprint density at radius 1 is 1.07 bits per heavy atom. The van der Waals surface area contributed by atoms with Gasteiger partial charge in [0.25, 0.3) is 0 Å². The van der Waals surface area contributed by atoms with E-state index >= 15 is 0 Å². The predicted octanol–water partition coefficient (Wildman–Crippen LogP) is 2.55. The molecule has 4 rings (SSSR count). The normalized spacial score (nSPS) is 15.5. The summed E-state index contributed by atoms with van der Waals surface area (Å²) in [5.74, 6) is 0.118. The topological polar surface area (TPSA) is 75.1 Å². The van der Waals surface area contributed by atoms with Crippen LogP contribution in [0, 0.1) is 6.92 Å². The Kier molecular flexibility index (Phi) is 5.32. The van der Waals surface area contributed by atoms with E-state index in [0.29, 0.717) is 11.7 Å². The van der Waals surface area contributed by atoms with Crippen molar-refractivity contribution < 1.29 is 4.79 Å². The Morgan fingerprint density at radius 3 is 2.54 bits per heavy atom. The van der Waals surface area contributed by atoms with Crippen molar-refractivity contribution in [3.8, 4) is 10.6 Å². The van der Waals surface area contributed by atoms with Crippen LogP contribution in [0.25, 0.3) is 21.5 Å². The van der Waals surface area contributed by atoms with Crippen LogP contribution in [-0.2, 0) is 11.2 Å². The summed E-state index contributed by atoms with van der Waals surface area (Å²) in [5, 5.41) is 19.6. The standard InChI is InChI=1S/C20H24N6OS/c1-13(2)25-6-8-26(9-7-25)19(27)12-17-11-16-10-15(4-5-18(16)23-22-17)20-24-21-14(3)28-20/h4-5,10-11,13H,6-9,12H2,1-3H3. The minimum atomic E-state index is 0.118. The molecular weight excluding hydrogens is 372 g/mol. The zero-order valence-corrected chi connectivity index (χ0v) is 17.2. The Balaban J connectivity index is 1.49. The minimum absolute atomic E-state index is 0.118. The maximum atomic E-state index is 12.7. The second-order valence-corrected chi connectivity index (χ2v) is 8.60. The number of rotatable bonds is 4. The fraction of sp³-hybridized carbons (Fsp3) is 0.450. The van der Waals surface area contributed by atoms with Crippen LogP contribution in [0.5, 0.6) is 0 Å². The lowest BCUT2D eigenvalue weighted by molar-refractivity contribution is -0.132. The van der Waals surface area contributed by atoms with Gasteiger partial charge in [0.05, 0.1) is 17.6 Å². The number of hydrogen-bond donors (Lipinski definition) is 0. The van der Waals surface area contributed by atoms with Crippen molar-refractivity contribution >= 4 is 28.1 Å². The number of hydrogen-bond acceptors (Lipinski definition) is 7. The summed E-state index contributed by atoms with van der Waals surface area (Å²) in [4.78, 5) is 17.0. The lowest BCUT2D eigenvalue weighted by atomic mass is 10.1. The number of carbonyl (C=O) groups is 1. The molecular formula is C20H24N6OS. The number of piperazine rings is 1. The maximum absolute atomic E-state index is 12.7. The lowest BCUT2D eigenvalue weighted by Crippen LogP contribution is -2.51. The van der Waals surface area contributed by atoms with E-state index in [1.54, 1.807) is 11.3 Å². The molecule has 1 aromatic carbocycles. The molecule has 0 spiro atoms. The van der Waals surface area contributed by atoms with Crippen LogP contribution < -0.4 is 0 Å². The van der Waals surface area contributed by atoms with Crippen LogP contribution in [0.1, 0.15) is 24.5 Å². The fourth-order valence-electron chi connectivity index (χ4n) is 3.47. The molecule has 146 valence electrons. The molecule has 1 aliphatic heterocycles. The quantitative estimate of drug-likeness (QED) is 0.675. The zero-order valence-electron chi connectivity index (χ0n) is 16.4. The van der Waals surface area contributed by atoms with E-state index in [4.69, 9.17) is 0 Å². The first-order valence-electron chi connectivity index (χ1n) is 9.58. The first kappa shape index (κ1) is 18.9. The van der Waals surface area contributed by atoms with Gasteiger partial charge in [-0.15, -0.1) is 10.2 Å². The molecule has 0 unspecified atom stereocenters. The highest BCUT2D eigenvalue weighted by Crippen LogP contribution is 2.26. The molecule has 0 bridgehead atoms. The van der Waals surface area contributed by atoms with Crippen molar-refractivity contribution in [3.63, 3.8) is 0 Å². The number of fused-ring (bicyclic) bond motifs is 1. The highest BCUT2D eigenvalue weighted by Gasteiger charge is 2.22. The average molecular weight is 397 g/mol. The monoisotopic (exact) mass is 396 g/mol. The highest BCUT2D eigenvalue weighted by atomic mass is 32.1. The van der Waals surface area contributed by atoms with E-state index in [1.807, 2.05) is 36.1 Å². The van der Waals surface area contributed by atoms with Crippen molar-refractivity contribution in [3.05, 3.63) is 35.0 Å². The summed E-state index contributed by atoms with van der Waals surface area (Å²) in [6, 6.07) is 8.44. The Morgan fingerprint density at radius 2 is 1.86 bits per heavy atom. The van der Waals surface area contributed by atoms with Gasteiger partial charge in [0, 0.05) is 43.2 Å². The second-order valence-electron chi connectivity index (χ2n) is 7.42. The van der Waals surface area contributed by atoms with Crippen LogP contribution >= 0.6 is 11.3 Å². The zero-order chi connectivity index (χ0) is 19.7. The molecule has 1 saturated heterocycles. The molecule has 1 fully saturated rings. The van der Waals surface area contributed by atoms with Crippen molar-refractivity contribution in [1.82, 2.24) is 30.2 Å². The van der Waals surface area contributed by atoms with E-state index in [9.17, 15) is 4.79 Å². The first-order chi connectivity index (χ1) is 13.5. The van der Waals surface area contributed by atoms with Crippen LogP contribution in [0.2, 0.25) is 0 Å². The number of aromatic nitrogens is 4. The van der Waals surface area contributed by atoms with Gasteiger partial charge in [-0.25, -0.2) is 0 Å². The smallest absolute Gasteiger partial charge is 0.228 e. The van der Waals surface area contributed by atoms with Crippen molar-refractivity contribution in [2.24, 2.45) is 0 Å².